The fourth-order valence-electron chi connectivity index (χ4n) is 6.13. The van der Waals surface area contributed by atoms with Crippen LogP contribution in [0.2, 0.25) is 0 Å². The second kappa shape index (κ2) is 13.1. The molecule has 2 rings (SSSR count). The molecule has 2 aliphatic rings. The number of hydrogen-bond acceptors (Lipinski definition) is 8. The zero-order chi connectivity index (χ0) is 30.5. The van der Waals surface area contributed by atoms with Gasteiger partial charge in [0.25, 0.3) is 0 Å². The molecule has 2 heterocycles. The second-order valence-corrected chi connectivity index (χ2v) is 13.9. The lowest BCUT2D eigenvalue weighted by atomic mass is 9.78. The third kappa shape index (κ3) is 9.65. The summed E-state index contributed by atoms with van der Waals surface area (Å²) in [6, 6.07) is 0. The van der Waals surface area contributed by atoms with Gasteiger partial charge in [-0.15, -0.1) is 0 Å². The van der Waals surface area contributed by atoms with Gasteiger partial charge in [0.2, 0.25) is 0 Å². The maximum absolute atomic E-state index is 12.2. The Morgan fingerprint density at radius 1 is 0.625 bits per heavy atom. The summed E-state index contributed by atoms with van der Waals surface area (Å²) in [5.41, 5.74) is 0.0161. The first-order valence-electron chi connectivity index (χ1n) is 14.4. The molecule has 0 amide bonds. The van der Waals surface area contributed by atoms with Crippen LogP contribution in [0.1, 0.15) is 94.9 Å². The minimum absolute atomic E-state index is 0.00402. The summed E-state index contributed by atoms with van der Waals surface area (Å²) in [4.78, 5) is 29.2. The van der Waals surface area contributed by atoms with Crippen molar-refractivity contribution in [3.8, 4) is 0 Å². The zero-order valence-corrected chi connectivity index (χ0v) is 27.1. The molecule has 0 saturated carbocycles. The van der Waals surface area contributed by atoms with Crippen molar-refractivity contribution in [1.29, 1.82) is 0 Å². The number of esters is 2. The summed E-state index contributed by atoms with van der Waals surface area (Å²) in [6.07, 6.45) is 9.64. The van der Waals surface area contributed by atoms with Gasteiger partial charge in [0.1, 0.15) is 36.9 Å². The predicted molar refractivity (Wildman–Crippen MR) is 159 cm³/mol. The highest BCUT2D eigenvalue weighted by Crippen LogP contribution is 2.39. The summed E-state index contributed by atoms with van der Waals surface area (Å²) >= 11 is 0. The van der Waals surface area contributed by atoms with Crippen LogP contribution in [0.5, 0.6) is 0 Å². The zero-order valence-electron chi connectivity index (χ0n) is 27.1. The molecule has 0 aromatic carbocycles. The molecule has 0 bridgehead atoms. The Labute approximate surface area is 242 Å². The lowest BCUT2D eigenvalue weighted by Crippen LogP contribution is -2.60. The maximum Gasteiger partial charge on any atom is 0.334 e. The van der Waals surface area contributed by atoms with Crippen LogP contribution in [0.4, 0.5) is 0 Å². The minimum Gasteiger partial charge on any atom is -0.495 e. The number of carbonyl (C=O) groups excluding carboxylic acids is 2. The Morgan fingerprint density at radius 3 is 1.18 bits per heavy atom. The van der Waals surface area contributed by atoms with E-state index in [1.807, 2.05) is 0 Å². The van der Waals surface area contributed by atoms with Crippen LogP contribution in [0.25, 0.3) is 0 Å². The van der Waals surface area contributed by atoms with Crippen molar-refractivity contribution in [1.82, 2.24) is 9.80 Å². The van der Waals surface area contributed by atoms with Crippen LogP contribution in [0.3, 0.4) is 0 Å². The topological polar surface area (TPSA) is 77.5 Å². The van der Waals surface area contributed by atoms with E-state index in [1.165, 1.54) is 12.2 Å². The van der Waals surface area contributed by atoms with Gasteiger partial charge in [0.15, 0.2) is 0 Å². The van der Waals surface area contributed by atoms with E-state index >= 15 is 0 Å². The Bertz CT molecular complexity index is 877. The fraction of sp³-hybridized carbons (Fsp3) is 0.750. The van der Waals surface area contributed by atoms with Gasteiger partial charge in [-0.3, -0.25) is 9.80 Å². The molecule has 8 heteroatoms. The average molecular weight is 563 g/mol. The van der Waals surface area contributed by atoms with E-state index in [-0.39, 0.29) is 47.6 Å². The third-order valence-corrected chi connectivity index (χ3v) is 8.70. The van der Waals surface area contributed by atoms with Gasteiger partial charge in [-0.2, -0.15) is 0 Å². The molecule has 0 radical (unpaired) electrons. The molecule has 0 aromatic rings. The van der Waals surface area contributed by atoms with Crippen LogP contribution < -0.4 is 0 Å². The summed E-state index contributed by atoms with van der Waals surface area (Å²) in [7, 11) is 4.30. The third-order valence-electron chi connectivity index (χ3n) is 8.70. The number of piperidine rings is 2. The van der Waals surface area contributed by atoms with E-state index < -0.39 is 11.9 Å². The van der Waals surface area contributed by atoms with Gasteiger partial charge in [0.05, 0.1) is 12.2 Å². The minimum atomic E-state index is -0.471. The first-order chi connectivity index (χ1) is 18.2. The van der Waals surface area contributed by atoms with Crippen molar-refractivity contribution in [2.24, 2.45) is 0 Å². The summed E-state index contributed by atoms with van der Waals surface area (Å²) in [5, 5.41) is 0. The maximum atomic E-state index is 12.2. The molecule has 228 valence electrons. The number of hydrogen-bond donors (Lipinski definition) is 0. The smallest absolute Gasteiger partial charge is 0.334 e. The van der Waals surface area contributed by atoms with Crippen molar-refractivity contribution in [2.75, 3.05) is 27.3 Å². The molecule has 0 aromatic heterocycles. The van der Waals surface area contributed by atoms with Gasteiger partial charge >= 0.3 is 11.9 Å². The van der Waals surface area contributed by atoms with E-state index in [2.05, 4.69) is 79.3 Å². The van der Waals surface area contributed by atoms with E-state index in [1.54, 1.807) is 26.0 Å². The van der Waals surface area contributed by atoms with Gasteiger partial charge in [-0.05, 0) is 95.5 Å². The highest BCUT2D eigenvalue weighted by molar-refractivity contribution is 5.82. The number of allylic oxidation sites excluding steroid dienone is 2. The molecule has 2 saturated heterocycles. The van der Waals surface area contributed by atoms with Crippen LogP contribution >= 0.6 is 0 Å². The highest BCUT2D eigenvalue weighted by atomic mass is 16.5. The van der Waals surface area contributed by atoms with Crippen molar-refractivity contribution in [3.05, 3.63) is 35.8 Å². The van der Waals surface area contributed by atoms with Crippen LogP contribution in [0, 0.1) is 0 Å². The van der Waals surface area contributed by atoms with Crippen LogP contribution in [-0.2, 0) is 28.5 Å². The Morgan fingerprint density at radius 2 is 0.900 bits per heavy atom. The van der Waals surface area contributed by atoms with Crippen LogP contribution in [-0.4, -0.2) is 83.4 Å². The number of likely N-dealkylation sites (tertiary alicyclic amines) is 2. The van der Waals surface area contributed by atoms with Gasteiger partial charge in [0, 0.05) is 47.8 Å². The van der Waals surface area contributed by atoms with Gasteiger partial charge < -0.3 is 18.9 Å². The summed E-state index contributed by atoms with van der Waals surface area (Å²) in [6.45, 7) is 21.4. The van der Waals surface area contributed by atoms with Gasteiger partial charge in [-0.1, -0.05) is 0 Å². The molecule has 0 spiro atoms. The van der Waals surface area contributed by atoms with Crippen molar-refractivity contribution in [2.45, 2.75) is 129 Å². The lowest BCUT2D eigenvalue weighted by molar-refractivity contribution is -0.138. The largest absolute Gasteiger partial charge is 0.495 e. The van der Waals surface area contributed by atoms with E-state index in [0.717, 1.165) is 25.7 Å². The first kappa shape index (κ1) is 33.9. The Hall–Kier alpha value is -2.32. The molecule has 2 fully saturated rings. The molecular weight excluding hydrogens is 508 g/mol. The van der Waals surface area contributed by atoms with Crippen LogP contribution in [0.15, 0.2) is 35.8 Å². The lowest BCUT2D eigenvalue weighted by Gasteiger charge is -2.53. The number of nitrogens with zero attached hydrogens (tertiary/aromatic N) is 2. The Kier molecular flexibility index (Phi) is 11.1. The van der Waals surface area contributed by atoms with Gasteiger partial charge in [-0.25, -0.2) is 9.59 Å². The molecular formula is C32H54N2O6. The molecule has 40 heavy (non-hydrogen) atoms. The molecule has 0 unspecified atom stereocenters. The summed E-state index contributed by atoms with van der Waals surface area (Å²) < 4.78 is 22.7. The first-order valence-corrected chi connectivity index (χ1v) is 14.4. The van der Waals surface area contributed by atoms with E-state index in [0.29, 0.717) is 11.5 Å². The normalized spacial score (nSPS) is 24.1. The monoisotopic (exact) mass is 562 g/mol. The second-order valence-electron chi connectivity index (χ2n) is 13.9. The standard InChI is InChI=1S/C32H54N2O6/c1-23(39-25-19-29(3,4)33(11)30(5,6)20-25)17-27(35)37-15-13-14-16-38-28(36)18-24(2)40-26-21-31(7,8)34(12)32(9,10)22-26/h13-14,17-18,25-26H,15-16,19-22H2,1-12H3/b14-13?,23-17-,24-18-. The molecule has 0 atom stereocenters. The molecule has 0 N–H and O–H groups in total. The van der Waals surface area contributed by atoms with Crippen molar-refractivity contribution in [3.63, 3.8) is 0 Å². The predicted octanol–water partition coefficient (Wildman–Crippen LogP) is 5.77. The molecule has 8 nitrogen and oxygen atoms in total. The SMILES string of the molecule is C/C(=C/C(=O)OCC=CCOC(=O)/C=C(/C)OC1CC(C)(C)N(C)C(C)(C)C1)OC1CC(C)(C)N(C)C(C)(C)C1. The molecule has 2 aliphatic heterocycles. The number of carbonyl (C=O) groups is 2. The Balaban J connectivity index is 1.72. The highest BCUT2D eigenvalue weighted by Gasteiger charge is 2.45. The molecule has 0 aliphatic carbocycles. The summed E-state index contributed by atoms with van der Waals surface area (Å²) in [5.74, 6) is 0.143. The quantitative estimate of drug-likeness (QED) is 0.144. The van der Waals surface area contributed by atoms with E-state index in [9.17, 15) is 9.59 Å². The fourth-order valence-corrected chi connectivity index (χ4v) is 6.13. The van der Waals surface area contributed by atoms with E-state index in [4.69, 9.17) is 18.9 Å². The van der Waals surface area contributed by atoms with Crippen molar-refractivity contribution < 1.29 is 28.5 Å². The number of ether oxygens (including phenoxy) is 4. The van der Waals surface area contributed by atoms with Crippen molar-refractivity contribution >= 4 is 11.9 Å². The average Bonchev–Trinajstić information content (AvgIpc) is 2.77. The number of rotatable bonds is 10.